The molecule has 0 radical (unpaired) electrons. The third-order valence-electron chi connectivity index (χ3n) is 2.61. The smallest absolute Gasteiger partial charge is 0.194 e. The molecule has 0 fully saturated rings. The van der Waals surface area contributed by atoms with E-state index in [0.29, 0.717) is 18.0 Å². The van der Waals surface area contributed by atoms with Gasteiger partial charge in [-0.05, 0) is 12.1 Å². The summed E-state index contributed by atoms with van der Waals surface area (Å²) in [6.07, 6.45) is 0.417. The van der Waals surface area contributed by atoms with E-state index in [2.05, 4.69) is 10.2 Å². The molecule has 0 aliphatic carbocycles. The van der Waals surface area contributed by atoms with Crippen LogP contribution in [-0.2, 0) is 0 Å². The summed E-state index contributed by atoms with van der Waals surface area (Å²) in [5.41, 5.74) is 6.12. The maximum atomic E-state index is 13.0. The van der Waals surface area contributed by atoms with Gasteiger partial charge in [0.2, 0.25) is 0 Å². The van der Waals surface area contributed by atoms with Crippen molar-refractivity contribution in [3.63, 3.8) is 0 Å². The Morgan fingerprint density at radius 2 is 1.76 bits per heavy atom. The van der Waals surface area contributed by atoms with Gasteiger partial charge in [-0.15, -0.1) is 5.10 Å². The number of hydrogen-bond acceptors (Lipinski definition) is 3. The highest BCUT2D eigenvalue weighted by Crippen LogP contribution is 2.19. The third kappa shape index (κ3) is 2.15. The Hall–Kier alpha value is -1.85. The van der Waals surface area contributed by atoms with Crippen LogP contribution in [0.1, 0.15) is 18.9 Å². The van der Waals surface area contributed by atoms with Crippen LogP contribution in [-0.4, -0.2) is 11.5 Å². The summed E-state index contributed by atoms with van der Waals surface area (Å²) in [5, 5.41) is 7.46. The first kappa shape index (κ1) is 11.6. The maximum Gasteiger partial charge on any atom is 0.194 e. The van der Waals surface area contributed by atoms with Gasteiger partial charge in [0.15, 0.2) is 17.5 Å². The second kappa shape index (κ2) is 4.20. The zero-order chi connectivity index (χ0) is 12.6. The highest BCUT2D eigenvalue weighted by Gasteiger charge is 2.20. The van der Waals surface area contributed by atoms with Crippen LogP contribution in [0.25, 0.3) is 0 Å². The molecule has 1 aromatic rings. The van der Waals surface area contributed by atoms with Crippen LogP contribution >= 0.6 is 0 Å². The summed E-state index contributed by atoms with van der Waals surface area (Å²) in [5.74, 6) is -3.65. The average molecular weight is 241 g/mol. The van der Waals surface area contributed by atoms with Crippen LogP contribution in [0.15, 0.2) is 22.3 Å². The molecule has 2 N–H and O–H groups in total. The van der Waals surface area contributed by atoms with Crippen molar-refractivity contribution < 1.29 is 13.2 Å². The number of benzene rings is 1. The van der Waals surface area contributed by atoms with Gasteiger partial charge < -0.3 is 5.73 Å². The number of nitrogens with two attached hydrogens (primary N) is 1. The molecule has 1 aliphatic rings. The minimum absolute atomic E-state index is 0.0568. The Morgan fingerprint density at radius 1 is 1.18 bits per heavy atom. The molecule has 0 saturated carbocycles. The molecule has 0 bridgehead atoms. The third-order valence-corrected chi connectivity index (χ3v) is 2.61. The van der Waals surface area contributed by atoms with Crippen LogP contribution in [0.4, 0.5) is 13.2 Å². The standard InChI is InChI=1S/C11H10F3N3/c1-5-2-9(16-17-11(5)15)6-3-7(12)10(14)8(13)4-6/h3-5H,2H2,1H3,(H2,15,17). The Balaban J connectivity index is 2.43. The van der Waals surface area contributed by atoms with Crippen molar-refractivity contribution in [3.8, 4) is 0 Å². The van der Waals surface area contributed by atoms with Crippen molar-refractivity contribution >= 4 is 11.5 Å². The van der Waals surface area contributed by atoms with Crippen LogP contribution in [0.3, 0.4) is 0 Å². The van der Waals surface area contributed by atoms with E-state index in [1.807, 2.05) is 6.92 Å². The largest absolute Gasteiger partial charge is 0.385 e. The van der Waals surface area contributed by atoms with Crippen molar-refractivity contribution in [3.05, 3.63) is 35.1 Å². The molecule has 1 atom stereocenters. The molecule has 1 heterocycles. The molecule has 2 rings (SSSR count). The molecule has 1 unspecified atom stereocenters. The van der Waals surface area contributed by atoms with E-state index in [1.165, 1.54) is 0 Å². The fourth-order valence-electron chi connectivity index (χ4n) is 1.55. The summed E-state index contributed by atoms with van der Waals surface area (Å²) in [7, 11) is 0. The van der Waals surface area contributed by atoms with Crippen molar-refractivity contribution in [1.82, 2.24) is 0 Å². The lowest BCUT2D eigenvalue weighted by Gasteiger charge is -2.16. The fourth-order valence-corrected chi connectivity index (χ4v) is 1.55. The second-order valence-corrected chi connectivity index (χ2v) is 3.93. The topological polar surface area (TPSA) is 50.7 Å². The highest BCUT2D eigenvalue weighted by molar-refractivity contribution is 6.04. The number of hydrogen-bond donors (Lipinski definition) is 1. The van der Waals surface area contributed by atoms with Crippen molar-refractivity contribution in [2.24, 2.45) is 21.9 Å². The fraction of sp³-hybridized carbons (Fsp3) is 0.273. The summed E-state index contributed by atoms with van der Waals surface area (Å²) in [6.45, 7) is 1.82. The van der Waals surface area contributed by atoms with Gasteiger partial charge in [-0.25, -0.2) is 13.2 Å². The van der Waals surface area contributed by atoms with Crippen LogP contribution in [0.5, 0.6) is 0 Å². The van der Waals surface area contributed by atoms with Crippen LogP contribution in [0, 0.1) is 23.4 Å². The lowest BCUT2D eigenvalue weighted by atomic mass is 9.97. The number of amidine groups is 1. The molecule has 0 amide bonds. The first-order chi connectivity index (χ1) is 7.99. The quantitative estimate of drug-likeness (QED) is 0.753. The average Bonchev–Trinajstić information content (AvgIpc) is 2.29. The zero-order valence-corrected chi connectivity index (χ0v) is 9.04. The molecule has 1 aliphatic heterocycles. The monoisotopic (exact) mass is 241 g/mol. The number of rotatable bonds is 1. The molecule has 3 nitrogen and oxygen atoms in total. The van der Waals surface area contributed by atoms with E-state index in [-0.39, 0.29) is 11.5 Å². The van der Waals surface area contributed by atoms with Gasteiger partial charge in [0.1, 0.15) is 5.84 Å². The van der Waals surface area contributed by atoms with Crippen molar-refractivity contribution in [2.75, 3.05) is 0 Å². The van der Waals surface area contributed by atoms with Gasteiger partial charge in [0.25, 0.3) is 0 Å². The molecular formula is C11H10F3N3. The zero-order valence-electron chi connectivity index (χ0n) is 9.04. The van der Waals surface area contributed by atoms with Gasteiger partial charge in [-0.2, -0.15) is 5.10 Å². The summed E-state index contributed by atoms with van der Waals surface area (Å²) < 4.78 is 38.9. The van der Waals surface area contributed by atoms with Gasteiger partial charge in [-0.1, -0.05) is 6.92 Å². The summed E-state index contributed by atoms with van der Waals surface area (Å²) >= 11 is 0. The predicted molar refractivity (Wildman–Crippen MR) is 58.3 cm³/mol. The van der Waals surface area contributed by atoms with E-state index in [1.54, 1.807) is 0 Å². The number of halogens is 3. The van der Waals surface area contributed by atoms with E-state index < -0.39 is 17.5 Å². The maximum absolute atomic E-state index is 13.0. The molecule has 1 aromatic carbocycles. The van der Waals surface area contributed by atoms with Crippen molar-refractivity contribution in [2.45, 2.75) is 13.3 Å². The number of nitrogens with zero attached hydrogens (tertiary/aromatic N) is 2. The second-order valence-electron chi connectivity index (χ2n) is 3.93. The SMILES string of the molecule is CC1CC(c2cc(F)c(F)c(F)c2)=NN=C1N. The van der Waals surface area contributed by atoms with E-state index >= 15 is 0 Å². The summed E-state index contributed by atoms with van der Waals surface area (Å²) in [6, 6.07) is 1.81. The lowest BCUT2D eigenvalue weighted by Crippen LogP contribution is -2.27. The minimum Gasteiger partial charge on any atom is -0.385 e. The van der Waals surface area contributed by atoms with E-state index in [9.17, 15) is 13.2 Å². The lowest BCUT2D eigenvalue weighted by molar-refractivity contribution is 0.446. The van der Waals surface area contributed by atoms with Crippen LogP contribution < -0.4 is 5.73 Å². The van der Waals surface area contributed by atoms with Gasteiger partial charge >= 0.3 is 0 Å². The predicted octanol–water partition coefficient (Wildman–Crippen LogP) is 2.21. The molecule has 90 valence electrons. The molecular weight excluding hydrogens is 231 g/mol. The molecule has 0 spiro atoms. The normalized spacial score (nSPS) is 19.9. The summed E-state index contributed by atoms with van der Waals surface area (Å²) in [4.78, 5) is 0. The van der Waals surface area contributed by atoms with Gasteiger partial charge in [0, 0.05) is 17.9 Å². The Labute approximate surface area is 95.8 Å². The van der Waals surface area contributed by atoms with Crippen LogP contribution in [0.2, 0.25) is 0 Å². The van der Waals surface area contributed by atoms with E-state index in [4.69, 9.17) is 5.73 Å². The highest BCUT2D eigenvalue weighted by atomic mass is 19.2. The first-order valence-corrected chi connectivity index (χ1v) is 5.04. The van der Waals surface area contributed by atoms with Gasteiger partial charge in [0.05, 0.1) is 5.71 Å². The first-order valence-electron chi connectivity index (χ1n) is 5.04. The minimum atomic E-state index is -1.48. The molecule has 0 aromatic heterocycles. The Morgan fingerprint density at radius 3 is 2.29 bits per heavy atom. The van der Waals surface area contributed by atoms with Crippen molar-refractivity contribution in [1.29, 1.82) is 0 Å². The van der Waals surface area contributed by atoms with Gasteiger partial charge in [-0.3, -0.25) is 0 Å². The molecule has 6 heteroatoms. The molecule has 17 heavy (non-hydrogen) atoms. The van der Waals surface area contributed by atoms with E-state index in [0.717, 1.165) is 12.1 Å². The Bertz CT molecular complexity index is 500. The molecule has 0 saturated heterocycles. The Kier molecular flexibility index (Phi) is 2.87.